The number of nitrogens with one attached hydrogen (secondary N) is 1. The largest absolute Gasteiger partial charge is 0.289 e. The van der Waals surface area contributed by atoms with Crippen molar-refractivity contribution in [3.8, 4) is 0 Å². The number of benzene rings is 1. The van der Waals surface area contributed by atoms with Gasteiger partial charge in [0.15, 0.2) is 0 Å². The third kappa shape index (κ3) is 2.60. The maximum Gasteiger partial charge on any atom is 0.275 e. The summed E-state index contributed by atoms with van der Waals surface area (Å²) in [6.45, 7) is 0. The summed E-state index contributed by atoms with van der Waals surface area (Å²) in [6, 6.07) is 12.2. The van der Waals surface area contributed by atoms with Gasteiger partial charge in [-0.3, -0.25) is 10.2 Å². The molecular weight excluding hydrogens is 308 g/mol. The van der Waals surface area contributed by atoms with Gasteiger partial charge < -0.3 is 0 Å². The quantitative estimate of drug-likeness (QED) is 0.332. The summed E-state index contributed by atoms with van der Waals surface area (Å²) in [5, 5.41) is 3.20. The van der Waals surface area contributed by atoms with Gasteiger partial charge in [0.25, 0.3) is 5.91 Å². The summed E-state index contributed by atoms with van der Waals surface area (Å²) >= 11 is 4.95. The standard InChI is InChI=1S/C14H12N2OS3/c15-16-14(17)13-10(8-19-12-6-3-7-18-12)9-4-1-2-5-11(9)20-13/h1-7H,8,15H2,(H,16,17). The van der Waals surface area contributed by atoms with Crippen molar-refractivity contribution in [3.63, 3.8) is 0 Å². The number of rotatable bonds is 4. The number of hydrogen-bond acceptors (Lipinski definition) is 5. The Bertz CT molecular complexity index is 734. The second-order valence-electron chi connectivity index (χ2n) is 4.10. The molecule has 0 saturated heterocycles. The van der Waals surface area contributed by atoms with Crippen LogP contribution < -0.4 is 11.3 Å². The summed E-state index contributed by atoms with van der Waals surface area (Å²) in [7, 11) is 0. The second-order valence-corrected chi connectivity index (χ2v) is 7.38. The van der Waals surface area contributed by atoms with E-state index in [0.29, 0.717) is 4.88 Å². The summed E-state index contributed by atoms with van der Waals surface area (Å²) in [5.41, 5.74) is 3.30. The van der Waals surface area contributed by atoms with Crippen LogP contribution in [0.25, 0.3) is 10.1 Å². The molecule has 102 valence electrons. The van der Waals surface area contributed by atoms with Gasteiger partial charge in [0.1, 0.15) is 0 Å². The fourth-order valence-electron chi connectivity index (χ4n) is 1.98. The first-order valence-corrected chi connectivity index (χ1v) is 8.65. The Balaban J connectivity index is 1.99. The zero-order valence-corrected chi connectivity index (χ0v) is 12.9. The minimum Gasteiger partial charge on any atom is -0.289 e. The van der Waals surface area contributed by atoms with E-state index in [2.05, 4.69) is 22.9 Å². The highest BCUT2D eigenvalue weighted by molar-refractivity contribution is 8.00. The maximum atomic E-state index is 11.9. The first-order chi connectivity index (χ1) is 9.79. The Kier molecular flexibility index (Phi) is 4.07. The van der Waals surface area contributed by atoms with Gasteiger partial charge in [0.2, 0.25) is 0 Å². The van der Waals surface area contributed by atoms with Crippen molar-refractivity contribution in [2.24, 2.45) is 5.84 Å². The maximum absolute atomic E-state index is 11.9. The zero-order valence-electron chi connectivity index (χ0n) is 10.5. The number of carbonyl (C=O) groups excluding carboxylic acids is 1. The number of amides is 1. The molecule has 0 radical (unpaired) electrons. The molecule has 0 fully saturated rings. The van der Waals surface area contributed by atoms with E-state index in [0.717, 1.165) is 21.4 Å². The predicted molar refractivity (Wildman–Crippen MR) is 87.4 cm³/mol. The van der Waals surface area contributed by atoms with Gasteiger partial charge in [-0.05, 0) is 28.5 Å². The lowest BCUT2D eigenvalue weighted by Gasteiger charge is -2.02. The minimum atomic E-state index is -0.215. The molecule has 0 aliphatic carbocycles. The fourth-order valence-corrected chi connectivity index (χ4v) is 5.02. The molecule has 3 aromatic rings. The van der Waals surface area contributed by atoms with Crippen LogP contribution in [-0.4, -0.2) is 5.91 Å². The van der Waals surface area contributed by atoms with Gasteiger partial charge in [0, 0.05) is 10.5 Å². The number of hydrazine groups is 1. The van der Waals surface area contributed by atoms with Crippen LogP contribution in [0.1, 0.15) is 15.2 Å². The molecule has 0 saturated carbocycles. The summed E-state index contributed by atoms with van der Waals surface area (Å²) in [5.74, 6) is 5.84. The number of thiophene rings is 2. The highest BCUT2D eigenvalue weighted by Crippen LogP contribution is 2.36. The topological polar surface area (TPSA) is 55.1 Å². The van der Waals surface area contributed by atoms with Crippen molar-refractivity contribution in [2.75, 3.05) is 0 Å². The van der Waals surface area contributed by atoms with Gasteiger partial charge in [-0.2, -0.15) is 0 Å². The highest BCUT2D eigenvalue weighted by atomic mass is 32.2. The van der Waals surface area contributed by atoms with Crippen molar-refractivity contribution >= 4 is 50.4 Å². The van der Waals surface area contributed by atoms with E-state index >= 15 is 0 Å². The van der Waals surface area contributed by atoms with Gasteiger partial charge in [-0.25, -0.2) is 5.84 Å². The average molecular weight is 320 g/mol. The lowest BCUT2D eigenvalue weighted by Crippen LogP contribution is -2.29. The van der Waals surface area contributed by atoms with Crippen LogP contribution >= 0.6 is 34.4 Å². The van der Waals surface area contributed by atoms with Gasteiger partial charge in [-0.15, -0.1) is 34.4 Å². The van der Waals surface area contributed by atoms with Crippen molar-refractivity contribution in [1.29, 1.82) is 0 Å². The summed E-state index contributed by atoms with van der Waals surface area (Å²) in [4.78, 5) is 12.6. The molecule has 1 amide bonds. The number of carbonyl (C=O) groups is 1. The molecule has 1 aromatic carbocycles. The highest BCUT2D eigenvalue weighted by Gasteiger charge is 2.17. The van der Waals surface area contributed by atoms with E-state index in [-0.39, 0.29) is 5.91 Å². The first-order valence-electron chi connectivity index (χ1n) is 5.97. The molecule has 0 spiro atoms. The molecule has 0 bridgehead atoms. The van der Waals surface area contributed by atoms with E-state index in [1.54, 1.807) is 23.1 Å². The van der Waals surface area contributed by atoms with E-state index in [9.17, 15) is 4.79 Å². The third-order valence-corrected chi connectivity index (χ3v) is 6.26. The molecule has 20 heavy (non-hydrogen) atoms. The summed E-state index contributed by atoms with van der Waals surface area (Å²) < 4.78 is 2.37. The molecule has 3 nitrogen and oxygen atoms in total. The number of nitrogens with two attached hydrogens (primary N) is 1. The van der Waals surface area contributed by atoms with Crippen LogP contribution in [0.5, 0.6) is 0 Å². The number of nitrogen functional groups attached to an aromatic ring is 1. The molecule has 0 unspecified atom stereocenters. The van der Waals surface area contributed by atoms with Gasteiger partial charge in [-0.1, -0.05) is 24.3 Å². The predicted octanol–water partition coefficient (Wildman–Crippen LogP) is 3.86. The lowest BCUT2D eigenvalue weighted by atomic mass is 10.1. The normalized spacial score (nSPS) is 10.8. The van der Waals surface area contributed by atoms with Gasteiger partial charge in [0.05, 0.1) is 9.09 Å². The van der Waals surface area contributed by atoms with Crippen LogP contribution in [0.2, 0.25) is 0 Å². The van der Waals surface area contributed by atoms with Crippen LogP contribution in [0.15, 0.2) is 46.0 Å². The smallest absolute Gasteiger partial charge is 0.275 e. The summed E-state index contributed by atoms with van der Waals surface area (Å²) in [6.07, 6.45) is 0. The third-order valence-electron chi connectivity index (χ3n) is 2.89. The number of hydrogen-bond donors (Lipinski definition) is 2. The Hall–Kier alpha value is -1.34. The second kappa shape index (κ2) is 5.97. The molecule has 0 aliphatic heterocycles. The van der Waals surface area contributed by atoms with E-state index in [1.165, 1.54) is 15.5 Å². The molecule has 0 atom stereocenters. The lowest BCUT2D eigenvalue weighted by molar-refractivity contribution is 0.0957. The fraction of sp³-hybridized carbons (Fsp3) is 0.0714. The number of fused-ring (bicyclic) bond motifs is 1. The Labute approximate surface area is 128 Å². The van der Waals surface area contributed by atoms with Crippen LogP contribution in [0.3, 0.4) is 0 Å². The van der Waals surface area contributed by atoms with Crippen molar-refractivity contribution in [2.45, 2.75) is 9.96 Å². The zero-order chi connectivity index (χ0) is 13.9. The van der Waals surface area contributed by atoms with Crippen molar-refractivity contribution in [3.05, 3.63) is 52.2 Å². The molecule has 6 heteroatoms. The van der Waals surface area contributed by atoms with Crippen molar-refractivity contribution < 1.29 is 4.79 Å². The Morgan fingerprint density at radius 2 is 2.10 bits per heavy atom. The van der Waals surface area contributed by atoms with Crippen LogP contribution in [0.4, 0.5) is 0 Å². The Morgan fingerprint density at radius 1 is 1.25 bits per heavy atom. The molecule has 2 aromatic heterocycles. The van der Waals surface area contributed by atoms with E-state index < -0.39 is 0 Å². The Morgan fingerprint density at radius 3 is 2.85 bits per heavy atom. The molecule has 3 rings (SSSR count). The molecule has 3 N–H and O–H groups in total. The monoisotopic (exact) mass is 320 g/mol. The average Bonchev–Trinajstić information content (AvgIpc) is 3.11. The molecule has 2 heterocycles. The first kappa shape index (κ1) is 13.6. The van der Waals surface area contributed by atoms with E-state index in [4.69, 9.17) is 5.84 Å². The number of thioether (sulfide) groups is 1. The minimum absolute atomic E-state index is 0.215. The van der Waals surface area contributed by atoms with Crippen molar-refractivity contribution in [1.82, 2.24) is 5.43 Å². The van der Waals surface area contributed by atoms with Crippen LogP contribution in [-0.2, 0) is 5.75 Å². The van der Waals surface area contributed by atoms with E-state index in [1.807, 2.05) is 24.3 Å². The molecule has 0 aliphatic rings. The SMILES string of the molecule is NNC(=O)c1sc2ccccc2c1CSc1cccs1. The molecular formula is C14H12N2OS3. The van der Waals surface area contributed by atoms with Crippen LogP contribution in [0, 0.1) is 0 Å². The van der Waals surface area contributed by atoms with Gasteiger partial charge >= 0.3 is 0 Å².